The molecule has 1 aliphatic heterocycles. The van der Waals surface area contributed by atoms with Crippen LogP contribution in [0.3, 0.4) is 0 Å². The van der Waals surface area contributed by atoms with Gasteiger partial charge >= 0.3 is 0 Å². The average molecular weight is 365 g/mol. The zero-order valence-corrected chi connectivity index (χ0v) is 13.7. The van der Waals surface area contributed by atoms with E-state index in [0.29, 0.717) is 6.54 Å². The van der Waals surface area contributed by atoms with E-state index in [0.717, 1.165) is 37.9 Å². The molecule has 112 valence electrons. The molecule has 1 N–H and O–H groups in total. The maximum Gasteiger partial charge on any atom is 0.241 e. The van der Waals surface area contributed by atoms with Gasteiger partial charge in [0.15, 0.2) is 0 Å². The maximum atomic E-state index is 13.0. The van der Waals surface area contributed by atoms with Crippen molar-refractivity contribution in [1.29, 1.82) is 0 Å². The molecule has 1 saturated heterocycles. The summed E-state index contributed by atoms with van der Waals surface area (Å²) in [5.41, 5.74) is 0. The van der Waals surface area contributed by atoms with Crippen molar-refractivity contribution in [1.82, 2.24) is 9.62 Å². The van der Waals surface area contributed by atoms with Crippen LogP contribution in [0, 0.1) is 5.82 Å². The third kappa shape index (κ3) is 3.78. The number of nitrogens with one attached hydrogen (secondary N) is 1. The van der Waals surface area contributed by atoms with Crippen LogP contribution in [-0.4, -0.2) is 39.5 Å². The highest BCUT2D eigenvalue weighted by atomic mass is 79.9. The quantitative estimate of drug-likeness (QED) is 0.891. The van der Waals surface area contributed by atoms with E-state index < -0.39 is 15.8 Å². The van der Waals surface area contributed by atoms with Crippen LogP contribution in [0.15, 0.2) is 27.6 Å². The molecular formula is C13H18BrFN2O2S. The summed E-state index contributed by atoms with van der Waals surface area (Å²) >= 11 is 3.09. The first kappa shape index (κ1) is 15.9. The molecule has 1 heterocycles. The molecule has 0 amide bonds. The third-order valence-electron chi connectivity index (χ3n) is 3.61. The lowest BCUT2D eigenvalue weighted by atomic mass is 10.0. The Bertz CT molecular complexity index is 580. The van der Waals surface area contributed by atoms with Gasteiger partial charge in [-0.05, 0) is 60.6 Å². The van der Waals surface area contributed by atoms with Crippen LogP contribution >= 0.6 is 15.9 Å². The third-order valence-corrected chi connectivity index (χ3v) is 6.01. The second kappa shape index (κ2) is 6.51. The van der Waals surface area contributed by atoms with E-state index in [4.69, 9.17) is 0 Å². The van der Waals surface area contributed by atoms with Gasteiger partial charge in [-0.1, -0.05) is 6.42 Å². The highest BCUT2D eigenvalue weighted by molar-refractivity contribution is 9.10. The summed E-state index contributed by atoms with van der Waals surface area (Å²) in [7, 11) is -1.61. The van der Waals surface area contributed by atoms with Crippen LogP contribution in [0.1, 0.15) is 19.3 Å². The summed E-state index contributed by atoms with van der Waals surface area (Å²) < 4.78 is 40.3. The maximum absolute atomic E-state index is 13.0. The van der Waals surface area contributed by atoms with Crippen molar-refractivity contribution in [2.75, 3.05) is 20.1 Å². The number of sulfonamides is 1. The molecule has 20 heavy (non-hydrogen) atoms. The van der Waals surface area contributed by atoms with Crippen LogP contribution in [0.2, 0.25) is 0 Å². The Balaban J connectivity index is 2.07. The van der Waals surface area contributed by atoms with E-state index in [1.54, 1.807) is 0 Å². The molecule has 0 spiro atoms. The van der Waals surface area contributed by atoms with Crippen molar-refractivity contribution in [2.24, 2.45) is 0 Å². The molecule has 0 aliphatic carbocycles. The first-order chi connectivity index (χ1) is 9.40. The minimum Gasteiger partial charge on any atom is -0.302 e. The Morgan fingerprint density at radius 1 is 1.45 bits per heavy atom. The lowest BCUT2D eigenvalue weighted by molar-refractivity contribution is 0.187. The Hall–Kier alpha value is -0.500. The molecule has 0 radical (unpaired) electrons. The number of nitrogens with zero attached hydrogens (tertiary/aromatic N) is 1. The van der Waals surface area contributed by atoms with E-state index in [1.165, 1.54) is 6.07 Å². The standard InChI is InChI=1S/C13H18BrFN2O2S/c1-17-7-3-2-4-11(17)9-16-20(18,19)13-6-5-10(15)8-12(13)14/h5-6,8,11,16H,2-4,7,9H2,1H3. The van der Waals surface area contributed by atoms with Crippen molar-refractivity contribution in [3.8, 4) is 0 Å². The summed E-state index contributed by atoms with van der Waals surface area (Å²) in [6.45, 7) is 1.37. The summed E-state index contributed by atoms with van der Waals surface area (Å²) in [5.74, 6) is -0.470. The number of rotatable bonds is 4. The van der Waals surface area contributed by atoms with Gasteiger partial charge in [0, 0.05) is 17.1 Å². The van der Waals surface area contributed by atoms with Crippen molar-refractivity contribution in [3.63, 3.8) is 0 Å². The van der Waals surface area contributed by atoms with Crippen molar-refractivity contribution in [2.45, 2.75) is 30.2 Å². The normalized spacial score (nSPS) is 21.1. The largest absolute Gasteiger partial charge is 0.302 e. The molecule has 1 atom stereocenters. The van der Waals surface area contributed by atoms with Crippen LogP contribution in [0.5, 0.6) is 0 Å². The Morgan fingerprint density at radius 3 is 2.85 bits per heavy atom. The molecule has 0 bridgehead atoms. The molecule has 1 aliphatic rings. The first-order valence-corrected chi connectivity index (χ1v) is 8.83. The predicted molar refractivity (Wildman–Crippen MR) is 79.6 cm³/mol. The summed E-state index contributed by atoms with van der Waals surface area (Å²) in [6, 6.07) is 3.79. The van der Waals surface area contributed by atoms with Crippen molar-refractivity contribution >= 4 is 26.0 Å². The van der Waals surface area contributed by atoms with E-state index in [2.05, 4.69) is 25.6 Å². The molecule has 0 aromatic heterocycles. The fraction of sp³-hybridized carbons (Fsp3) is 0.538. The highest BCUT2D eigenvalue weighted by Crippen LogP contribution is 2.23. The first-order valence-electron chi connectivity index (χ1n) is 6.55. The number of likely N-dealkylation sites (N-methyl/N-ethyl adjacent to an activating group) is 1. The molecule has 1 aromatic rings. The van der Waals surface area contributed by atoms with Crippen LogP contribution in [-0.2, 0) is 10.0 Å². The second-order valence-electron chi connectivity index (χ2n) is 5.06. The Kier molecular flexibility index (Phi) is 5.17. The monoisotopic (exact) mass is 364 g/mol. The fourth-order valence-corrected chi connectivity index (χ4v) is 4.50. The number of hydrogen-bond acceptors (Lipinski definition) is 3. The molecule has 4 nitrogen and oxygen atoms in total. The highest BCUT2D eigenvalue weighted by Gasteiger charge is 2.23. The zero-order valence-electron chi connectivity index (χ0n) is 11.3. The van der Waals surface area contributed by atoms with E-state index in [-0.39, 0.29) is 15.4 Å². The van der Waals surface area contributed by atoms with Gasteiger partial charge in [0.05, 0.1) is 4.90 Å². The SMILES string of the molecule is CN1CCCCC1CNS(=O)(=O)c1ccc(F)cc1Br. The predicted octanol–water partition coefficient (Wildman–Crippen LogP) is 2.35. The van der Waals surface area contributed by atoms with Crippen LogP contribution in [0.25, 0.3) is 0 Å². The van der Waals surface area contributed by atoms with Gasteiger partial charge in [0.2, 0.25) is 10.0 Å². The molecule has 1 aromatic carbocycles. The van der Waals surface area contributed by atoms with Gasteiger partial charge in [-0.3, -0.25) is 0 Å². The van der Waals surface area contributed by atoms with Crippen molar-refractivity contribution in [3.05, 3.63) is 28.5 Å². The lowest BCUT2D eigenvalue weighted by Gasteiger charge is -2.32. The van der Waals surface area contributed by atoms with E-state index in [1.807, 2.05) is 7.05 Å². The summed E-state index contributed by atoms with van der Waals surface area (Å²) in [6.07, 6.45) is 3.27. The second-order valence-corrected chi connectivity index (χ2v) is 7.65. The number of piperidine rings is 1. The van der Waals surface area contributed by atoms with Crippen molar-refractivity contribution < 1.29 is 12.8 Å². The molecule has 1 unspecified atom stereocenters. The van der Waals surface area contributed by atoms with Gasteiger partial charge in [-0.25, -0.2) is 17.5 Å². The average Bonchev–Trinajstić information content (AvgIpc) is 2.37. The summed E-state index contributed by atoms with van der Waals surface area (Å²) in [5, 5.41) is 0. The van der Waals surface area contributed by atoms with Gasteiger partial charge in [0.1, 0.15) is 5.82 Å². The Labute approximate surface area is 127 Å². The molecule has 1 fully saturated rings. The van der Waals surface area contributed by atoms with Gasteiger partial charge in [0.25, 0.3) is 0 Å². The molecule has 0 saturated carbocycles. The van der Waals surface area contributed by atoms with Crippen LogP contribution in [0.4, 0.5) is 4.39 Å². The van der Waals surface area contributed by atoms with Crippen LogP contribution < -0.4 is 4.72 Å². The summed E-state index contributed by atoms with van der Waals surface area (Å²) in [4.78, 5) is 2.24. The zero-order chi connectivity index (χ0) is 14.8. The fourth-order valence-electron chi connectivity index (χ4n) is 2.38. The minimum absolute atomic E-state index is 0.0670. The van der Waals surface area contributed by atoms with E-state index >= 15 is 0 Å². The minimum atomic E-state index is -3.62. The van der Waals surface area contributed by atoms with Gasteiger partial charge in [-0.2, -0.15) is 0 Å². The molecular weight excluding hydrogens is 347 g/mol. The lowest BCUT2D eigenvalue weighted by Crippen LogP contribution is -2.44. The number of likely N-dealkylation sites (tertiary alicyclic amines) is 1. The molecule has 2 rings (SSSR count). The topological polar surface area (TPSA) is 49.4 Å². The van der Waals surface area contributed by atoms with Gasteiger partial charge in [-0.15, -0.1) is 0 Å². The smallest absolute Gasteiger partial charge is 0.241 e. The Morgan fingerprint density at radius 2 is 2.20 bits per heavy atom. The molecule has 7 heteroatoms. The number of halogens is 2. The number of hydrogen-bond donors (Lipinski definition) is 1. The van der Waals surface area contributed by atoms with E-state index in [9.17, 15) is 12.8 Å². The van der Waals surface area contributed by atoms with Gasteiger partial charge < -0.3 is 4.90 Å². The number of benzene rings is 1.